The molecule has 0 saturated heterocycles. The maximum atomic E-state index is 6.53. The van der Waals surface area contributed by atoms with Crippen molar-refractivity contribution in [2.24, 2.45) is 0 Å². The zero-order valence-electron chi connectivity index (χ0n) is 9.53. The van der Waals surface area contributed by atoms with Crippen LogP contribution >= 0.6 is 11.1 Å². The zero-order chi connectivity index (χ0) is 10.2. The fraction of sp³-hybridized carbons (Fsp3) is 1.00. The van der Waals surface area contributed by atoms with Crippen LogP contribution in [-0.2, 0) is 0 Å². The Labute approximate surface area is 89.8 Å². The molecule has 0 aromatic heterocycles. The van der Waals surface area contributed by atoms with E-state index in [4.69, 9.17) is 11.1 Å². The molecule has 0 bridgehead atoms. The molecule has 1 unspecified atom stereocenters. The second-order valence-corrected chi connectivity index (χ2v) is 10.9. The van der Waals surface area contributed by atoms with Gasteiger partial charge in [0.2, 0.25) is 0 Å². The van der Waals surface area contributed by atoms with E-state index in [-0.39, 0.29) is 0 Å². The highest BCUT2D eigenvalue weighted by molar-refractivity contribution is 7.19. The van der Waals surface area contributed by atoms with E-state index in [0.29, 0.717) is 0 Å². The molecule has 0 aromatic rings. The van der Waals surface area contributed by atoms with Gasteiger partial charge in [-0.25, -0.2) is 0 Å². The molecule has 0 amide bonds. The Hall–Kier alpha value is 0.507. The van der Waals surface area contributed by atoms with Gasteiger partial charge >= 0.3 is 0 Å². The highest BCUT2D eigenvalue weighted by Gasteiger charge is 2.22. The molecular formula is C11H25ClSi. The van der Waals surface area contributed by atoms with E-state index in [1.165, 1.54) is 50.6 Å². The summed E-state index contributed by atoms with van der Waals surface area (Å²) in [5.74, 6) is 0. The van der Waals surface area contributed by atoms with Gasteiger partial charge in [-0.05, 0) is 12.1 Å². The van der Waals surface area contributed by atoms with Crippen LogP contribution in [0.5, 0.6) is 0 Å². The van der Waals surface area contributed by atoms with Gasteiger partial charge < -0.3 is 0 Å². The molecule has 0 saturated carbocycles. The first-order valence-electron chi connectivity index (χ1n) is 5.81. The van der Waals surface area contributed by atoms with Crippen LogP contribution in [0.25, 0.3) is 0 Å². The van der Waals surface area contributed by atoms with Crippen LogP contribution in [0.2, 0.25) is 18.6 Å². The van der Waals surface area contributed by atoms with Gasteiger partial charge in [0.25, 0.3) is 0 Å². The van der Waals surface area contributed by atoms with Crippen molar-refractivity contribution in [1.29, 1.82) is 0 Å². The molecule has 0 rings (SSSR count). The Kier molecular flexibility index (Phi) is 8.18. The van der Waals surface area contributed by atoms with Crippen molar-refractivity contribution in [2.45, 2.75) is 71.0 Å². The molecule has 0 fully saturated rings. The first-order chi connectivity index (χ1) is 6.12. The fourth-order valence-corrected chi connectivity index (χ4v) is 4.72. The topological polar surface area (TPSA) is 0 Å². The number of hydrogen-bond acceptors (Lipinski definition) is 0. The highest BCUT2D eigenvalue weighted by Crippen LogP contribution is 2.25. The fourth-order valence-electron chi connectivity index (χ4n) is 1.59. The molecule has 0 radical (unpaired) electrons. The Bertz CT molecular complexity index is 113. The molecule has 0 N–H and O–H groups in total. The molecule has 0 heterocycles. The van der Waals surface area contributed by atoms with Crippen molar-refractivity contribution in [3.05, 3.63) is 0 Å². The average Bonchev–Trinajstić information content (AvgIpc) is 2.09. The first-order valence-corrected chi connectivity index (χ1v) is 9.74. The number of rotatable bonds is 8. The van der Waals surface area contributed by atoms with E-state index >= 15 is 0 Å². The zero-order valence-corrected chi connectivity index (χ0v) is 11.3. The van der Waals surface area contributed by atoms with E-state index in [0.717, 1.165) is 0 Å². The van der Waals surface area contributed by atoms with E-state index in [1.807, 2.05) is 0 Å². The van der Waals surface area contributed by atoms with Crippen LogP contribution in [0.4, 0.5) is 0 Å². The second kappa shape index (κ2) is 7.87. The largest absolute Gasteiger partial charge is 0.167 e. The molecule has 0 aliphatic heterocycles. The van der Waals surface area contributed by atoms with Crippen molar-refractivity contribution >= 4 is 18.5 Å². The number of unbranched alkanes of at least 4 members (excludes halogenated alkanes) is 4. The van der Waals surface area contributed by atoms with Gasteiger partial charge in [-0.3, -0.25) is 0 Å². The minimum atomic E-state index is -1.30. The summed E-state index contributed by atoms with van der Waals surface area (Å²) in [7, 11) is -1.30. The molecule has 0 nitrogen and oxygen atoms in total. The van der Waals surface area contributed by atoms with E-state index in [1.54, 1.807) is 0 Å². The molecular weight excluding hydrogens is 196 g/mol. The average molecular weight is 221 g/mol. The third-order valence-corrected chi connectivity index (χ3v) is 6.53. The Balaban J connectivity index is 3.39. The van der Waals surface area contributed by atoms with E-state index < -0.39 is 7.38 Å². The lowest BCUT2D eigenvalue weighted by molar-refractivity contribution is 0.696. The molecule has 0 spiro atoms. The van der Waals surface area contributed by atoms with Crippen LogP contribution < -0.4 is 0 Å². The summed E-state index contributed by atoms with van der Waals surface area (Å²) >= 11 is 6.53. The van der Waals surface area contributed by atoms with Crippen molar-refractivity contribution in [3.8, 4) is 0 Å². The lowest BCUT2D eigenvalue weighted by atomic mass is 10.2. The van der Waals surface area contributed by atoms with Gasteiger partial charge in [-0.15, -0.1) is 0 Å². The minimum absolute atomic E-state index is 1.30. The lowest BCUT2D eigenvalue weighted by Gasteiger charge is -2.18. The lowest BCUT2D eigenvalue weighted by Crippen LogP contribution is -2.21. The molecule has 0 aliphatic rings. The summed E-state index contributed by atoms with van der Waals surface area (Å²) in [6, 6.07) is 2.64. The summed E-state index contributed by atoms with van der Waals surface area (Å²) in [5.41, 5.74) is 0. The second-order valence-electron chi connectivity index (χ2n) is 4.33. The predicted molar refractivity (Wildman–Crippen MR) is 66.1 cm³/mol. The normalized spacial score (nSPS) is 15.7. The van der Waals surface area contributed by atoms with Crippen LogP contribution in [-0.4, -0.2) is 7.38 Å². The van der Waals surface area contributed by atoms with Crippen LogP contribution in [0.15, 0.2) is 0 Å². The van der Waals surface area contributed by atoms with E-state index in [9.17, 15) is 0 Å². The Morgan fingerprint density at radius 1 is 0.846 bits per heavy atom. The molecule has 0 aliphatic carbocycles. The number of hydrogen-bond donors (Lipinski definition) is 0. The van der Waals surface area contributed by atoms with Crippen LogP contribution in [0.1, 0.15) is 52.4 Å². The third kappa shape index (κ3) is 8.83. The summed E-state index contributed by atoms with van der Waals surface area (Å²) in [6.07, 6.45) is 8.09. The molecule has 2 heteroatoms. The van der Waals surface area contributed by atoms with Crippen molar-refractivity contribution in [1.82, 2.24) is 0 Å². The quantitative estimate of drug-likeness (QED) is 0.300. The molecule has 13 heavy (non-hydrogen) atoms. The van der Waals surface area contributed by atoms with Gasteiger partial charge in [0.05, 0.1) is 0 Å². The van der Waals surface area contributed by atoms with Gasteiger partial charge in [0.15, 0.2) is 7.38 Å². The maximum absolute atomic E-state index is 6.53. The van der Waals surface area contributed by atoms with E-state index in [2.05, 4.69) is 20.4 Å². The van der Waals surface area contributed by atoms with Gasteiger partial charge in [-0.1, -0.05) is 58.9 Å². The molecule has 80 valence electrons. The summed E-state index contributed by atoms with van der Waals surface area (Å²) in [6.45, 7) is 6.84. The van der Waals surface area contributed by atoms with Crippen LogP contribution in [0, 0.1) is 0 Å². The first kappa shape index (κ1) is 13.5. The van der Waals surface area contributed by atoms with Crippen molar-refractivity contribution < 1.29 is 0 Å². The number of halogens is 1. The summed E-state index contributed by atoms with van der Waals surface area (Å²) < 4.78 is 0. The smallest absolute Gasteiger partial charge is 0.153 e. The van der Waals surface area contributed by atoms with Gasteiger partial charge in [-0.2, -0.15) is 11.1 Å². The third-order valence-electron chi connectivity index (χ3n) is 2.60. The Morgan fingerprint density at radius 2 is 1.38 bits per heavy atom. The molecule has 0 aromatic carbocycles. The van der Waals surface area contributed by atoms with Crippen molar-refractivity contribution in [3.63, 3.8) is 0 Å². The minimum Gasteiger partial charge on any atom is -0.167 e. The summed E-state index contributed by atoms with van der Waals surface area (Å²) in [5, 5.41) is 0. The standard InChI is InChI=1S/C11H25ClSi/c1-4-6-8-9-11-13(3,12)10-7-5-2/h4-11H2,1-3H3. The van der Waals surface area contributed by atoms with Gasteiger partial charge in [0.1, 0.15) is 0 Å². The monoisotopic (exact) mass is 220 g/mol. The predicted octanol–water partition coefficient (Wildman–Crippen LogP) is 5.18. The molecule has 1 atom stereocenters. The Morgan fingerprint density at radius 3 is 1.92 bits per heavy atom. The van der Waals surface area contributed by atoms with Crippen molar-refractivity contribution in [2.75, 3.05) is 0 Å². The SMILES string of the molecule is CCCCCC[Si](C)(Cl)CCCC. The highest BCUT2D eigenvalue weighted by atomic mass is 35.6. The van der Waals surface area contributed by atoms with Crippen LogP contribution in [0.3, 0.4) is 0 Å². The van der Waals surface area contributed by atoms with Gasteiger partial charge in [0, 0.05) is 0 Å². The summed E-state index contributed by atoms with van der Waals surface area (Å²) in [4.78, 5) is 0. The maximum Gasteiger partial charge on any atom is 0.153 e.